The summed E-state index contributed by atoms with van der Waals surface area (Å²) in [6.45, 7) is 0. The molecule has 2 aromatic rings. The molecule has 4 aliphatic carbocycles. The van der Waals surface area contributed by atoms with Gasteiger partial charge in [-0.1, -0.05) is 54.1 Å². The molecule has 2 amide bonds. The zero-order valence-corrected chi connectivity index (χ0v) is 16.3. The summed E-state index contributed by atoms with van der Waals surface area (Å²) in [4.78, 5) is 41.3. The smallest absolute Gasteiger partial charge is 0.238 e. The van der Waals surface area contributed by atoms with Crippen LogP contribution in [0.3, 0.4) is 0 Å². The van der Waals surface area contributed by atoms with Crippen LogP contribution < -0.4 is 4.90 Å². The molecule has 5 aliphatic rings. The molecule has 0 radical (unpaired) electrons. The van der Waals surface area contributed by atoms with Crippen molar-refractivity contribution in [1.29, 1.82) is 0 Å². The van der Waals surface area contributed by atoms with Crippen LogP contribution in [0, 0.1) is 35.5 Å². The van der Waals surface area contributed by atoms with Crippen LogP contribution in [0.5, 0.6) is 0 Å². The molecule has 1 heterocycles. The molecule has 1 saturated heterocycles. The molecule has 29 heavy (non-hydrogen) atoms. The molecule has 4 nitrogen and oxygen atoms in total. The number of amides is 2. The Morgan fingerprint density at radius 1 is 0.897 bits per heavy atom. The Kier molecular flexibility index (Phi) is 3.49. The third-order valence-electron chi connectivity index (χ3n) is 7.14. The normalized spacial score (nSPS) is 33.6. The first-order valence-electron chi connectivity index (χ1n) is 10.0. The molecule has 3 fully saturated rings. The second-order valence-electron chi connectivity index (χ2n) is 8.52. The standard InChI is InChI=1S/C24H18ClNO3/c25-13-6-9-19(18(10-13)22(27)12-4-2-1-3-5-12)26-23(28)20-14-7-8-15(17-11-16(14)17)21(20)24(26)29/h1-10,14-17,20-21H,11H2. The molecule has 2 aromatic carbocycles. The topological polar surface area (TPSA) is 54.5 Å². The van der Waals surface area contributed by atoms with Crippen molar-refractivity contribution in [2.24, 2.45) is 35.5 Å². The maximum atomic E-state index is 13.4. The van der Waals surface area contributed by atoms with Crippen molar-refractivity contribution >= 4 is 34.9 Å². The molecule has 0 N–H and O–H groups in total. The fourth-order valence-electron chi connectivity index (χ4n) is 5.82. The predicted octanol–water partition coefficient (Wildman–Crippen LogP) is 4.13. The summed E-state index contributed by atoms with van der Waals surface area (Å²) in [6.07, 6.45) is 5.41. The van der Waals surface area contributed by atoms with E-state index in [0.717, 1.165) is 6.42 Å². The number of ketones is 1. The summed E-state index contributed by atoms with van der Waals surface area (Å²) in [7, 11) is 0. The molecule has 144 valence electrons. The molecule has 0 aromatic heterocycles. The summed E-state index contributed by atoms with van der Waals surface area (Å²) in [5, 5.41) is 0.396. The van der Waals surface area contributed by atoms with E-state index in [9.17, 15) is 14.4 Å². The van der Waals surface area contributed by atoms with Crippen LogP contribution in [0.15, 0.2) is 60.7 Å². The largest absolute Gasteiger partial charge is 0.289 e. The Labute approximate surface area is 173 Å². The number of benzene rings is 2. The Balaban J connectivity index is 1.45. The molecule has 6 unspecified atom stereocenters. The highest BCUT2D eigenvalue weighted by Gasteiger charge is 2.67. The third kappa shape index (κ3) is 2.29. The molecule has 7 rings (SSSR count). The van der Waals surface area contributed by atoms with E-state index in [1.165, 1.54) is 4.90 Å². The lowest BCUT2D eigenvalue weighted by Crippen LogP contribution is -2.40. The number of nitrogens with zero attached hydrogens (tertiary/aromatic N) is 1. The van der Waals surface area contributed by atoms with Crippen LogP contribution in [0.1, 0.15) is 22.3 Å². The number of halogens is 1. The fourth-order valence-corrected chi connectivity index (χ4v) is 6.00. The number of hydrogen-bond donors (Lipinski definition) is 0. The van der Waals surface area contributed by atoms with Gasteiger partial charge in [0, 0.05) is 16.1 Å². The van der Waals surface area contributed by atoms with Crippen molar-refractivity contribution < 1.29 is 14.4 Å². The highest BCUT2D eigenvalue weighted by atomic mass is 35.5. The SMILES string of the molecule is O=C(c1ccccc1)c1cc(Cl)ccc1N1C(=O)C2C3C=CC(C4CC34)C2C1=O. The van der Waals surface area contributed by atoms with Gasteiger partial charge >= 0.3 is 0 Å². The van der Waals surface area contributed by atoms with Gasteiger partial charge in [-0.25, -0.2) is 4.90 Å². The molecule has 0 spiro atoms. The monoisotopic (exact) mass is 403 g/mol. The van der Waals surface area contributed by atoms with Gasteiger partial charge in [-0.15, -0.1) is 0 Å². The van der Waals surface area contributed by atoms with Crippen LogP contribution in [0.2, 0.25) is 5.02 Å². The number of anilines is 1. The number of carbonyl (C=O) groups excluding carboxylic acids is 3. The number of allylic oxidation sites excluding steroid dienone is 2. The van der Waals surface area contributed by atoms with Crippen molar-refractivity contribution in [3.8, 4) is 0 Å². The molecule has 6 atom stereocenters. The number of hydrogen-bond acceptors (Lipinski definition) is 3. The predicted molar refractivity (Wildman–Crippen MR) is 109 cm³/mol. The quantitative estimate of drug-likeness (QED) is 0.440. The van der Waals surface area contributed by atoms with E-state index < -0.39 is 0 Å². The van der Waals surface area contributed by atoms with Crippen molar-refractivity contribution in [2.45, 2.75) is 6.42 Å². The van der Waals surface area contributed by atoms with E-state index in [0.29, 0.717) is 28.1 Å². The van der Waals surface area contributed by atoms with Gasteiger partial charge in [-0.05, 0) is 48.3 Å². The maximum absolute atomic E-state index is 13.4. The summed E-state index contributed by atoms with van der Waals surface area (Å²) in [5.41, 5.74) is 1.13. The highest BCUT2D eigenvalue weighted by molar-refractivity contribution is 6.32. The number of imide groups is 1. The summed E-state index contributed by atoms with van der Waals surface area (Å²) in [5.74, 6) is 0.199. The van der Waals surface area contributed by atoms with Gasteiger partial charge in [0.25, 0.3) is 0 Å². The van der Waals surface area contributed by atoms with Gasteiger partial charge < -0.3 is 0 Å². The van der Waals surface area contributed by atoms with Gasteiger partial charge in [0.05, 0.1) is 17.5 Å². The van der Waals surface area contributed by atoms with Crippen molar-refractivity contribution in [3.63, 3.8) is 0 Å². The zero-order valence-electron chi connectivity index (χ0n) is 15.5. The Morgan fingerprint density at radius 2 is 1.52 bits per heavy atom. The molecule has 2 saturated carbocycles. The second-order valence-corrected chi connectivity index (χ2v) is 8.96. The van der Waals surface area contributed by atoms with E-state index >= 15 is 0 Å². The molecular weight excluding hydrogens is 386 g/mol. The lowest BCUT2D eigenvalue weighted by atomic mass is 9.63. The molecular formula is C24H18ClNO3. The van der Waals surface area contributed by atoms with Crippen LogP contribution in [0.25, 0.3) is 0 Å². The molecule has 5 heteroatoms. The number of rotatable bonds is 3. The molecule has 2 bridgehead atoms. The van der Waals surface area contributed by atoms with Crippen molar-refractivity contribution in [3.05, 3.63) is 76.8 Å². The maximum Gasteiger partial charge on any atom is 0.238 e. The zero-order chi connectivity index (χ0) is 19.9. The van der Waals surface area contributed by atoms with Crippen molar-refractivity contribution in [1.82, 2.24) is 0 Å². The van der Waals surface area contributed by atoms with Gasteiger partial charge in [0.15, 0.2) is 5.78 Å². The van der Waals surface area contributed by atoms with E-state index in [2.05, 4.69) is 12.2 Å². The summed E-state index contributed by atoms with van der Waals surface area (Å²) < 4.78 is 0. The Morgan fingerprint density at radius 3 is 2.14 bits per heavy atom. The van der Waals surface area contributed by atoms with E-state index in [4.69, 9.17) is 11.6 Å². The van der Waals surface area contributed by atoms with Gasteiger partial charge in [-0.2, -0.15) is 0 Å². The summed E-state index contributed by atoms with van der Waals surface area (Å²) in [6, 6.07) is 13.7. The number of carbonyl (C=O) groups is 3. The lowest BCUT2D eigenvalue weighted by molar-refractivity contribution is -0.124. The minimum absolute atomic E-state index is 0.150. The minimum atomic E-state index is -0.295. The second kappa shape index (κ2) is 5.90. The highest BCUT2D eigenvalue weighted by Crippen LogP contribution is 2.65. The van der Waals surface area contributed by atoms with E-state index in [1.807, 2.05) is 6.07 Å². The van der Waals surface area contributed by atoms with Gasteiger partial charge in [-0.3, -0.25) is 14.4 Å². The first kappa shape index (κ1) is 17.2. The lowest BCUT2D eigenvalue weighted by Gasteiger charge is -2.37. The first-order valence-corrected chi connectivity index (χ1v) is 10.4. The fraction of sp³-hybridized carbons (Fsp3) is 0.292. The van der Waals surface area contributed by atoms with Crippen LogP contribution in [0.4, 0.5) is 5.69 Å². The van der Waals surface area contributed by atoms with Gasteiger partial charge in [0.2, 0.25) is 11.8 Å². The third-order valence-corrected chi connectivity index (χ3v) is 7.38. The Hall–Kier alpha value is -2.72. The minimum Gasteiger partial charge on any atom is -0.289 e. The van der Waals surface area contributed by atoms with Crippen LogP contribution >= 0.6 is 11.6 Å². The van der Waals surface area contributed by atoms with E-state index in [1.54, 1.807) is 42.5 Å². The Bertz CT molecular complexity index is 1070. The average Bonchev–Trinajstić information content (AvgIpc) is 3.52. The van der Waals surface area contributed by atoms with Gasteiger partial charge in [0.1, 0.15) is 0 Å². The van der Waals surface area contributed by atoms with Crippen molar-refractivity contribution in [2.75, 3.05) is 4.90 Å². The van der Waals surface area contributed by atoms with E-state index in [-0.39, 0.29) is 46.8 Å². The molecule has 1 aliphatic heterocycles. The first-order chi connectivity index (χ1) is 14.1. The average molecular weight is 404 g/mol. The van der Waals surface area contributed by atoms with Crippen LogP contribution in [-0.2, 0) is 9.59 Å². The summed E-state index contributed by atoms with van der Waals surface area (Å²) >= 11 is 6.18. The van der Waals surface area contributed by atoms with Crippen LogP contribution in [-0.4, -0.2) is 17.6 Å².